The maximum absolute atomic E-state index is 12.3. The summed E-state index contributed by atoms with van der Waals surface area (Å²) < 4.78 is 2.15. The number of thiazole rings is 1. The summed E-state index contributed by atoms with van der Waals surface area (Å²) in [6, 6.07) is -0.141. The van der Waals surface area contributed by atoms with Gasteiger partial charge in [0.25, 0.3) is 5.91 Å². The molecule has 6 nitrogen and oxygen atoms in total. The Morgan fingerprint density at radius 2 is 2.21 bits per heavy atom. The number of aromatic nitrogens is 2. The van der Waals surface area contributed by atoms with E-state index in [0.29, 0.717) is 12.0 Å². The number of carbonyl (C=O) groups excluding carboxylic acids is 1. The van der Waals surface area contributed by atoms with E-state index in [1.165, 1.54) is 28.3 Å². The molecule has 0 aromatic carbocycles. The normalized spacial score (nSPS) is 24.1. The van der Waals surface area contributed by atoms with Crippen LogP contribution in [-0.4, -0.2) is 37.3 Å². The number of carboxylic acid groups (broad SMARTS) is 1. The number of fused-ring (bicyclic) bond motifs is 4. The zero-order chi connectivity index (χ0) is 16.4. The number of hydrogen-bond donors (Lipinski definition) is 1. The van der Waals surface area contributed by atoms with Crippen molar-refractivity contribution in [3.05, 3.63) is 39.8 Å². The number of amides is 1. The van der Waals surface area contributed by atoms with Crippen molar-refractivity contribution in [1.29, 1.82) is 0 Å². The first-order valence-corrected chi connectivity index (χ1v) is 8.93. The minimum Gasteiger partial charge on any atom is -0.477 e. The zero-order valence-electron chi connectivity index (χ0n) is 12.9. The van der Waals surface area contributed by atoms with Crippen LogP contribution in [0.3, 0.4) is 0 Å². The van der Waals surface area contributed by atoms with Gasteiger partial charge in [-0.15, -0.1) is 11.3 Å². The topological polar surface area (TPSA) is 74.9 Å². The van der Waals surface area contributed by atoms with Crippen molar-refractivity contribution >= 4 is 34.3 Å². The van der Waals surface area contributed by atoms with Gasteiger partial charge in [-0.1, -0.05) is 6.08 Å². The molecule has 5 rings (SSSR count). The van der Waals surface area contributed by atoms with Crippen molar-refractivity contribution in [1.82, 2.24) is 14.3 Å². The highest BCUT2D eigenvalue weighted by Gasteiger charge is 2.48. The van der Waals surface area contributed by atoms with E-state index in [1.807, 2.05) is 12.3 Å². The molecule has 1 amide bonds. The summed E-state index contributed by atoms with van der Waals surface area (Å²) in [7, 11) is 0. The van der Waals surface area contributed by atoms with Gasteiger partial charge in [0.2, 0.25) is 0 Å². The Morgan fingerprint density at radius 1 is 1.38 bits per heavy atom. The van der Waals surface area contributed by atoms with E-state index in [-0.39, 0.29) is 17.6 Å². The molecule has 7 heteroatoms. The second-order valence-electron chi connectivity index (χ2n) is 6.42. The number of aryl methyl sites for hydroxylation is 2. The van der Waals surface area contributed by atoms with Gasteiger partial charge in [-0.25, -0.2) is 9.78 Å². The fourth-order valence-corrected chi connectivity index (χ4v) is 5.08. The molecule has 1 saturated heterocycles. The summed E-state index contributed by atoms with van der Waals surface area (Å²) in [5.74, 6) is -1.26. The maximum atomic E-state index is 12.3. The second-order valence-corrected chi connectivity index (χ2v) is 7.48. The van der Waals surface area contributed by atoms with Gasteiger partial charge in [-0.2, -0.15) is 0 Å². The third-order valence-electron chi connectivity index (χ3n) is 5.04. The molecule has 0 bridgehead atoms. The highest BCUT2D eigenvalue weighted by atomic mass is 32.1. The van der Waals surface area contributed by atoms with Crippen molar-refractivity contribution in [2.75, 3.05) is 0 Å². The Labute approximate surface area is 141 Å². The summed E-state index contributed by atoms with van der Waals surface area (Å²) in [5, 5.41) is 9.11. The standard InChI is InChI=1S/C17H15N3O3S/c21-15-10(11-5-6-13(16(22)23)20(11)15)7-9-8-19-12-3-1-2-4-14(12)24-17(19)18-9/h6-8,11H,1-5H2,(H,22,23). The Balaban J connectivity index is 1.47. The lowest BCUT2D eigenvalue weighted by atomic mass is 9.94. The molecule has 1 N–H and O–H groups in total. The molecule has 3 aliphatic rings. The Kier molecular flexibility index (Phi) is 2.79. The average molecular weight is 341 g/mol. The van der Waals surface area contributed by atoms with E-state index in [0.717, 1.165) is 23.5 Å². The molecule has 24 heavy (non-hydrogen) atoms. The summed E-state index contributed by atoms with van der Waals surface area (Å²) in [4.78, 5) is 31.8. The summed E-state index contributed by atoms with van der Waals surface area (Å²) in [6.45, 7) is 0. The van der Waals surface area contributed by atoms with Crippen molar-refractivity contribution in [3.8, 4) is 0 Å². The summed E-state index contributed by atoms with van der Waals surface area (Å²) in [5.41, 5.74) is 2.89. The van der Waals surface area contributed by atoms with E-state index in [9.17, 15) is 9.59 Å². The van der Waals surface area contributed by atoms with Crippen LogP contribution in [0.15, 0.2) is 23.5 Å². The maximum Gasteiger partial charge on any atom is 0.352 e. The molecule has 0 saturated carbocycles. The third kappa shape index (κ3) is 1.78. The Morgan fingerprint density at radius 3 is 3.04 bits per heavy atom. The molecule has 2 aromatic heterocycles. The Bertz CT molecular complexity index is 965. The SMILES string of the molecule is O=C(O)C1=CCC2C(=Cc3cn4c5c(sc4n3)CCCC5)C(=O)N12. The largest absolute Gasteiger partial charge is 0.477 e. The lowest BCUT2D eigenvalue weighted by molar-refractivity contribution is -0.142. The molecule has 1 aliphatic carbocycles. The van der Waals surface area contributed by atoms with E-state index in [1.54, 1.807) is 17.4 Å². The van der Waals surface area contributed by atoms with Gasteiger partial charge in [-0.05, 0) is 38.2 Å². The van der Waals surface area contributed by atoms with Crippen LogP contribution in [0.5, 0.6) is 0 Å². The predicted octanol–water partition coefficient (Wildman–Crippen LogP) is 2.24. The predicted molar refractivity (Wildman–Crippen MR) is 88.7 cm³/mol. The van der Waals surface area contributed by atoms with E-state index >= 15 is 0 Å². The first-order valence-electron chi connectivity index (χ1n) is 8.12. The zero-order valence-corrected chi connectivity index (χ0v) is 13.7. The highest BCUT2D eigenvalue weighted by molar-refractivity contribution is 7.17. The monoisotopic (exact) mass is 341 g/mol. The lowest BCUT2D eigenvalue weighted by Gasteiger charge is -2.38. The first kappa shape index (κ1) is 14.0. The fourth-order valence-electron chi connectivity index (χ4n) is 3.89. The smallest absolute Gasteiger partial charge is 0.352 e. The quantitative estimate of drug-likeness (QED) is 0.671. The van der Waals surface area contributed by atoms with Crippen molar-refractivity contribution in [3.63, 3.8) is 0 Å². The van der Waals surface area contributed by atoms with Gasteiger partial charge in [0.1, 0.15) is 5.70 Å². The molecule has 2 aromatic rings. The molecule has 1 fully saturated rings. The van der Waals surface area contributed by atoms with Crippen LogP contribution in [0, 0.1) is 0 Å². The van der Waals surface area contributed by atoms with Crippen LogP contribution in [0.25, 0.3) is 11.0 Å². The van der Waals surface area contributed by atoms with Gasteiger partial charge < -0.3 is 5.11 Å². The second kappa shape index (κ2) is 4.80. The van der Waals surface area contributed by atoms with Crippen LogP contribution in [0.4, 0.5) is 0 Å². The molecular formula is C17H15N3O3S. The van der Waals surface area contributed by atoms with Gasteiger partial charge in [0.05, 0.1) is 11.7 Å². The van der Waals surface area contributed by atoms with Crippen LogP contribution >= 0.6 is 11.3 Å². The molecular weight excluding hydrogens is 326 g/mol. The Hall–Kier alpha value is -2.41. The van der Waals surface area contributed by atoms with Crippen LogP contribution in [0.1, 0.15) is 35.5 Å². The fraction of sp³-hybridized carbons (Fsp3) is 0.353. The van der Waals surface area contributed by atoms with Crippen LogP contribution in [-0.2, 0) is 22.4 Å². The minimum absolute atomic E-state index is 0.0991. The molecule has 1 atom stereocenters. The number of β-lactam (4-membered cyclic amide) rings is 1. The number of carbonyl (C=O) groups is 2. The number of imidazole rings is 1. The van der Waals surface area contributed by atoms with E-state index in [2.05, 4.69) is 9.38 Å². The number of nitrogens with zero attached hydrogens (tertiary/aromatic N) is 3. The molecule has 122 valence electrons. The lowest BCUT2D eigenvalue weighted by Crippen LogP contribution is -2.52. The van der Waals surface area contributed by atoms with E-state index in [4.69, 9.17) is 5.11 Å². The summed E-state index contributed by atoms with van der Waals surface area (Å²) in [6.07, 6.45) is 10.7. The molecule has 0 radical (unpaired) electrons. The van der Waals surface area contributed by atoms with E-state index < -0.39 is 5.97 Å². The van der Waals surface area contributed by atoms with Crippen molar-refractivity contribution in [2.24, 2.45) is 0 Å². The van der Waals surface area contributed by atoms with Crippen LogP contribution in [0.2, 0.25) is 0 Å². The molecule has 1 unspecified atom stereocenters. The number of carboxylic acids is 1. The minimum atomic E-state index is -1.04. The number of rotatable bonds is 2. The number of aliphatic carboxylic acids is 1. The van der Waals surface area contributed by atoms with Gasteiger partial charge >= 0.3 is 5.97 Å². The van der Waals surface area contributed by atoms with Gasteiger partial charge in [0, 0.05) is 22.3 Å². The first-order chi connectivity index (χ1) is 11.6. The molecule has 4 heterocycles. The molecule has 2 aliphatic heterocycles. The van der Waals surface area contributed by atoms with Gasteiger partial charge in [0.15, 0.2) is 4.96 Å². The number of hydrogen-bond acceptors (Lipinski definition) is 4. The van der Waals surface area contributed by atoms with Crippen molar-refractivity contribution in [2.45, 2.75) is 38.1 Å². The highest BCUT2D eigenvalue weighted by Crippen LogP contribution is 2.39. The molecule has 0 spiro atoms. The van der Waals surface area contributed by atoms with Crippen LogP contribution < -0.4 is 0 Å². The third-order valence-corrected chi connectivity index (χ3v) is 6.20. The van der Waals surface area contributed by atoms with Crippen molar-refractivity contribution < 1.29 is 14.7 Å². The summed E-state index contributed by atoms with van der Waals surface area (Å²) >= 11 is 1.74. The van der Waals surface area contributed by atoms with Gasteiger partial charge in [-0.3, -0.25) is 14.1 Å². The average Bonchev–Trinajstić information content (AvgIpc) is 3.22.